The molecule has 4 nitrogen and oxygen atoms in total. The number of ether oxygens (including phenoxy) is 3. The lowest BCUT2D eigenvalue weighted by Crippen LogP contribution is -2.09. The molecule has 0 aliphatic rings. The van der Waals surface area contributed by atoms with E-state index in [-0.39, 0.29) is 17.7 Å². The average molecular weight is 374 g/mol. The number of benzene rings is 2. The van der Waals surface area contributed by atoms with Crippen LogP contribution >= 0.6 is 0 Å². The molecule has 0 heterocycles. The summed E-state index contributed by atoms with van der Waals surface area (Å²) in [4.78, 5) is 11.3. The van der Waals surface area contributed by atoms with Gasteiger partial charge >= 0.3 is 0 Å². The molecule has 2 rings (SSSR count). The van der Waals surface area contributed by atoms with E-state index < -0.39 is 0 Å². The van der Waals surface area contributed by atoms with Gasteiger partial charge in [0.2, 0.25) is 5.75 Å². The fourth-order valence-electron chi connectivity index (χ4n) is 3.17. The number of hydrogen-bond acceptors (Lipinski definition) is 4. The normalized spacial score (nSPS) is 13.0. The SMILES string of the molecule is COc1cc(C)c(C(C)C=O)c(OC)c1OCCC(C)c1ccc(F)cc1. The maximum Gasteiger partial charge on any atom is 0.203 e. The second-order valence-electron chi connectivity index (χ2n) is 6.69. The second-order valence-corrected chi connectivity index (χ2v) is 6.69. The molecule has 27 heavy (non-hydrogen) atoms. The third-order valence-corrected chi connectivity index (χ3v) is 4.77. The first-order chi connectivity index (χ1) is 12.9. The van der Waals surface area contributed by atoms with Crippen molar-refractivity contribution < 1.29 is 23.4 Å². The molecule has 0 aliphatic heterocycles. The van der Waals surface area contributed by atoms with Gasteiger partial charge in [-0.15, -0.1) is 0 Å². The van der Waals surface area contributed by atoms with Gasteiger partial charge in [-0.05, 0) is 48.6 Å². The van der Waals surface area contributed by atoms with Crippen LogP contribution in [0, 0.1) is 12.7 Å². The van der Waals surface area contributed by atoms with Crippen LogP contribution in [0.4, 0.5) is 4.39 Å². The number of carbonyl (C=O) groups is 1. The van der Waals surface area contributed by atoms with Crippen molar-refractivity contribution in [1.82, 2.24) is 0 Å². The van der Waals surface area contributed by atoms with Gasteiger partial charge in [-0.25, -0.2) is 4.39 Å². The zero-order valence-corrected chi connectivity index (χ0v) is 16.5. The Hall–Kier alpha value is -2.56. The van der Waals surface area contributed by atoms with Gasteiger partial charge in [-0.3, -0.25) is 0 Å². The molecule has 0 bridgehead atoms. The highest BCUT2D eigenvalue weighted by Gasteiger charge is 2.23. The van der Waals surface area contributed by atoms with E-state index in [9.17, 15) is 9.18 Å². The number of rotatable bonds is 9. The Labute approximate surface area is 160 Å². The lowest BCUT2D eigenvalue weighted by atomic mass is 9.95. The predicted octanol–water partition coefficient (Wildman–Crippen LogP) is 5.03. The summed E-state index contributed by atoms with van der Waals surface area (Å²) in [6.07, 6.45) is 1.63. The van der Waals surface area contributed by atoms with Crippen LogP contribution in [-0.2, 0) is 4.79 Å². The van der Waals surface area contributed by atoms with Crippen molar-refractivity contribution in [2.45, 2.75) is 39.0 Å². The van der Waals surface area contributed by atoms with Gasteiger partial charge in [-0.2, -0.15) is 0 Å². The van der Waals surface area contributed by atoms with Crippen molar-refractivity contribution in [2.24, 2.45) is 0 Å². The summed E-state index contributed by atoms with van der Waals surface area (Å²) in [5.41, 5.74) is 2.77. The van der Waals surface area contributed by atoms with Crippen LogP contribution in [0.15, 0.2) is 30.3 Å². The summed E-state index contributed by atoms with van der Waals surface area (Å²) in [5.74, 6) is 1.25. The van der Waals surface area contributed by atoms with E-state index >= 15 is 0 Å². The Bertz CT molecular complexity index is 771. The number of methoxy groups -OCH3 is 2. The van der Waals surface area contributed by atoms with Gasteiger partial charge in [0.15, 0.2) is 11.5 Å². The van der Waals surface area contributed by atoms with Gasteiger partial charge in [0.05, 0.1) is 20.8 Å². The molecule has 0 spiro atoms. The molecule has 0 saturated heterocycles. The number of hydrogen-bond donors (Lipinski definition) is 0. The van der Waals surface area contributed by atoms with Crippen LogP contribution in [0.25, 0.3) is 0 Å². The molecule has 146 valence electrons. The van der Waals surface area contributed by atoms with Crippen LogP contribution in [0.3, 0.4) is 0 Å². The van der Waals surface area contributed by atoms with Crippen LogP contribution in [0.5, 0.6) is 17.2 Å². The van der Waals surface area contributed by atoms with Gasteiger partial charge < -0.3 is 19.0 Å². The second kappa shape index (κ2) is 9.40. The van der Waals surface area contributed by atoms with Crippen molar-refractivity contribution in [1.29, 1.82) is 0 Å². The monoisotopic (exact) mass is 374 g/mol. The van der Waals surface area contributed by atoms with Crippen molar-refractivity contribution in [2.75, 3.05) is 20.8 Å². The molecule has 2 atom stereocenters. The molecular formula is C22H27FO4. The van der Waals surface area contributed by atoms with Crippen LogP contribution in [0.2, 0.25) is 0 Å². The number of aldehydes is 1. The molecule has 0 N–H and O–H groups in total. The Balaban J connectivity index is 2.21. The molecule has 0 amide bonds. The van der Waals surface area contributed by atoms with Crippen LogP contribution < -0.4 is 14.2 Å². The zero-order valence-electron chi connectivity index (χ0n) is 16.5. The topological polar surface area (TPSA) is 44.8 Å². The van der Waals surface area contributed by atoms with Crippen LogP contribution in [-0.4, -0.2) is 27.1 Å². The van der Waals surface area contributed by atoms with E-state index in [0.717, 1.165) is 29.4 Å². The Morgan fingerprint density at radius 1 is 1.07 bits per heavy atom. The molecule has 0 saturated carbocycles. The van der Waals surface area contributed by atoms with Crippen LogP contribution in [0.1, 0.15) is 48.8 Å². The third-order valence-electron chi connectivity index (χ3n) is 4.77. The first-order valence-corrected chi connectivity index (χ1v) is 9.01. The van der Waals surface area contributed by atoms with E-state index in [1.165, 1.54) is 12.1 Å². The average Bonchev–Trinajstić information content (AvgIpc) is 2.67. The molecule has 0 radical (unpaired) electrons. The van der Waals surface area contributed by atoms with Crippen molar-refractivity contribution in [3.05, 3.63) is 52.8 Å². The Morgan fingerprint density at radius 2 is 1.74 bits per heavy atom. The summed E-state index contributed by atoms with van der Waals surface area (Å²) in [6.45, 7) is 6.24. The molecule has 2 unspecified atom stereocenters. The minimum atomic E-state index is -0.314. The van der Waals surface area contributed by atoms with Gasteiger partial charge in [0, 0.05) is 11.5 Å². The molecule has 2 aromatic carbocycles. The summed E-state index contributed by atoms with van der Waals surface area (Å²) in [7, 11) is 3.13. The fourth-order valence-corrected chi connectivity index (χ4v) is 3.17. The van der Waals surface area contributed by atoms with Crippen molar-refractivity contribution >= 4 is 6.29 Å². The minimum Gasteiger partial charge on any atom is -0.493 e. The first-order valence-electron chi connectivity index (χ1n) is 9.01. The molecular weight excluding hydrogens is 347 g/mol. The Morgan fingerprint density at radius 3 is 2.30 bits per heavy atom. The molecule has 2 aromatic rings. The molecule has 5 heteroatoms. The lowest BCUT2D eigenvalue weighted by Gasteiger charge is -2.21. The number of carbonyl (C=O) groups excluding carboxylic acids is 1. The van der Waals surface area contributed by atoms with E-state index in [4.69, 9.17) is 14.2 Å². The molecule has 0 aliphatic carbocycles. The largest absolute Gasteiger partial charge is 0.493 e. The summed E-state index contributed by atoms with van der Waals surface area (Å²) in [5, 5.41) is 0. The van der Waals surface area contributed by atoms with Gasteiger partial charge in [-0.1, -0.05) is 26.0 Å². The highest BCUT2D eigenvalue weighted by Crippen LogP contribution is 2.44. The smallest absolute Gasteiger partial charge is 0.203 e. The highest BCUT2D eigenvalue weighted by atomic mass is 19.1. The highest BCUT2D eigenvalue weighted by molar-refractivity contribution is 5.69. The molecule has 0 aromatic heterocycles. The fraction of sp³-hybridized carbons (Fsp3) is 0.409. The van der Waals surface area contributed by atoms with Gasteiger partial charge in [0.25, 0.3) is 0 Å². The van der Waals surface area contributed by atoms with E-state index in [2.05, 4.69) is 6.92 Å². The maximum atomic E-state index is 13.1. The number of halogens is 1. The first kappa shape index (κ1) is 20.7. The maximum absolute atomic E-state index is 13.1. The quantitative estimate of drug-likeness (QED) is 0.578. The standard InChI is InChI=1S/C22H27FO4/c1-14(17-6-8-18(23)9-7-17)10-11-27-21-19(25-4)12-15(2)20(16(3)13-24)22(21)26-5/h6-9,12-14,16H,10-11H2,1-5H3. The summed E-state index contributed by atoms with van der Waals surface area (Å²) >= 11 is 0. The van der Waals surface area contributed by atoms with E-state index in [1.807, 2.05) is 19.9 Å². The third kappa shape index (κ3) is 4.79. The molecule has 0 fully saturated rings. The Kier molecular flexibility index (Phi) is 7.22. The van der Waals surface area contributed by atoms with E-state index in [1.54, 1.807) is 26.4 Å². The number of aryl methyl sites for hydroxylation is 1. The lowest BCUT2D eigenvalue weighted by molar-refractivity contribution is -0.108. The summed E-state index contributed by atoms with van der Waals surface area (Å²) in [6, 6.07) is 8.36. The summed E-state index contributed by atoms with van der Waals surface area (Å²) < 4.78 is 30.1. The van der Waals surface area contributed by atoms with Gasteiger partial charge in [0.1, 0.15) is 12.1 Å². The van der Waals surface area contributed by atoms with Crippen molar-refractivity contribution in [3.63, 3.8) is 0 Å². The van der Waals surface area contributed by atoms with E-state index in [0.29, 0.717) is 23.9 Å². The predicted molar refractivity (Wildman–Crippen MR) is 104 cm³/mol. The van der Waals surface area contributed by atoms with Crippen molar-refractivity contribution in [3.8, 4) is 17.2 Å². The minimum absolute atomic E-state index is 0.210. The zero-order chi connectivity index (χ0) is 20.0.